The van der Waals surface area contributed by atoms with Crippen molar-refractivity contribution in [2.24, 2.45) is 0 Å². The summed E-state index contributed by atoms with van der Waals surface area (Å²) in [6, 6.07) is 11.5. The molecule has 1 aromatic heterocycles. The number of anilines is 3. The van der Waals surface area contributed by atoms with Crippen LogP contribution in [-0.2, 0) is 11.0 Å². The minimum absolute atomic E-state index is 0.294. The number of aromatic nitrogens is 2. The van der Waals surface area contributed by atoms with E-state index in [2.05, 4.69) is 36.5 Å². The second kappa shape index (κ2) is 12.0. The molecule has 0 aliphatic heterocycles. The number of halogens is 4. The first-order chi connectivity index (χ1) is 15.4. The molecule has 32 heavy (non-hydrogen) atoms. The molecule has 0 unspecified atom stereocenters. The number of hydrogen-bond acceptors (Lipinski definition) is 4. The Morgan fingerprint density at radius 1 is 1.03 bits per heavy atom. The van der Waals surface area contributed by atoms with Crippen LogP contribution in [0.15, 0.2) is 73.1 Å². The zero-order valence-corrected chi connectivity index (χ0v) is 19.0. The minimum atomic E-state index is -4.40. The number of nitrogens with zero attached hydrogens (tertiary/aromatic N) is 2. The fourth-order valence-electron chi connectivity index (χ4n) is 2.59. The lowest BCUT2D eigenvalue weighted by Gasteiger charge is -2.14. The van der Waals surface area contributed by atoms with Crippen LogP contribution in [0.2, 0.25) is 0 Å². The van der Waals surface area contributed by atoms with E-state index in [4.69, 9.17) is 0 Å². The number of carbonyl (C=O) groups excluding carboxylic acids is 1. The van der Waals surface area contributed by atoms with Gasteiger partial charge in [0, 0.05) is 46.4 Å². The molecule has 2 aromatic carbocycles. The van der Waals surface area contributed by atoms with Crippen LogP contribution in [0.5, 0.6) is 0 Å². The Balaban J connectivity index is 0.00000176. The van der Waals surface area contributed by atoms with E-state index in [1.807, 2.05) is 13.8 Å². The second-order valence-corrected chi connectivity index (χ2v) is 6.73. The molecule has 3 aromatic rings. The van der Waals surface area contributed by atoms with Crippen molar-refractivity contribution in [1.82, 2.24) is 9.97 Å². The molecule has 1 amide bonds. The standard InChI is InChI=1S/C21H16BrF3N4O.C2H6/c22-10-1-3-19(30)29-16-8-9-18(17(13-16)20-26-11-2-12-27-20)28-15-6-4-14(5-7-15)21(23,24)25;1-2/h1-9,11-13,28H,10H2,(H,29,30);1-2H3/b3-1+;. The normalized spacial score (nSPS) is 10.9. The monoisotopic (exact) mass is 506 g/mol. The molecule has 0 fully saturated rings. The van der Waals surface area contributed by atoms with Crippen LogP contribution in [0.1, 0.15) is 19.4 Å². The van der Waals surface area contributed by atoms with Crippen molar-refractivity contribution in [1.29, 1.82) is 0 Å². The molecule has 5 nitrogen and oxygen atoms in total. The highest BCUT2D eigenvalue weighted by atomic mass is 79.9. The first kappa shape index (κ1) is 25.1. The maximum Gasteiger partial charge on any atom is 0.416 e. The number of rotatable bonds is 6. The van der Waals surface area contributed by atoms with Gasteiger partial charge in [-0.1, -0.05) is 35.9 Å². The van der Waals surface area contributed by atoms with Crippen LogP contribution in [0.4, 0.5) is 30.2 Å². The molecule has 9 heteroatoms. The first-order valence-electron chi connectivity index (χ1n) is 9.76. The van der Waals surface area contributed by atoms with Crippen molar-refractivity contribution < 1.29 is 18.0 Å². The highest BCUT2D eigenvalue weighted by molar-refractivity contribution is 9.09. The molecule has 0 spiro atoms. The number of amides is 1. The number of nitrogens with one attached hydrogen (secondary N) is 2. The molecule has 0 aliphatic carbocycles. The minimum Gasteiger partial charge on any atom is -0.355 e. The second-order valence-electron chi connectivity index (χ2n) is 6.08. The summed E-state index contributed by atoms with van der Waals surface area (Å²) in [5, 5.41) is 6.39. The first-order valence-corrected chi connectivity index (χ1v) is 10.9. The van der Waals surface area contributed by atoms with E-state index in [0.717, 1.165) is 12.1 Å². The van der Waals surface area contributed by atoms with Crippen molar-refractivity contribution in [2.45, 2.75) is 20.0 Å². The molecule has 2 N–H and O–H groups in total. The quantitative estimate of drug-likeness (QED) is 0.284. The van der Waals surface area contributed by atoms with Crippen molar-refractivity contribution >= 4 is 38.9 Å². The van der Waals surface area contributed by atoms with Crippen molar-refractivity contribution in [2.75, 3.05) is 16.0 Å². The van der Waals surface area contributed by atoms with E-state index >= 15 is 0 Å². The van der Waals surface area contributed by atoms with Gasteiger partial charge in [-0.05, 0) is 48.5 Å². The predicted molar refractivity (Wildman–Crippen MR) is 125 cm³/mol. The summed E-state index contributed by atoms with van der Waals surface area (Å²) in [5.41, 5.74) is 1.43. The summed E-state index contributed by atoms with van der Waals surface area (Å²) >= 11 is 3.21. The smallest absolute Gasteiger partial charge is 0.355 e. The van der Waals surface area contributed by atoms with Gasteiger partial charge < -0.3 is 10.6 Å². The lowest BCUT2D eigenvalue weighted by atomic mass is 10.1. The largest absolute Gasteiger partial charge is 0.416 e. The van der Waals surface area contributed by atoms with Gasteiger partial charge in [-0.15, -0.1) is 0 Å². The van der Waals surface area contributed by atoms with E-state index in [1.54, 1.807) is 42.7 Å². The van der Waals surface area contributed by atoms with Crippen LogP contribution in [0.3, 0.4) is 0 Å². The maximum absolute atomic E-state index is 12.8. The summed E-state index contributed by atoms with van der Waals surface area (Å²) in [7, 11) is 0. The molecule has 0 atom stereocenters. The third-order valence-electron chi connectivity index (χ3n) is 3.94. The molecule has 0 radical (unpaired) electrons. The number of hydrogen-bond donors (Lipinski definition) is 2. The van der Waals surface area contributed by atoms with Crippen LogP contribution < -0.4 is 10.6 Å². The van der Waals surface area contributed by atoms with Crippen molar-refractivity contribution in [3.05, 3.63) is 78.6 Å². The molecule has 0 bridgehead atoms. The van der Waals surface area contributed by atoms with Crippen LogP contribution in [-0.4, -0.2) is 21.2 Å². The summed E-state index contributed by atoms with van der Waals surface area (Å²) in [5.74, 6) is 0.108. The highest BCUT2D eigenvalue weighted by Crippen LogP contribution is 2.33. The van der Waals surface area contributed by atoms with Gasteiger partial charge in [-0.25, -0.2) is 9.97 Å². The van der Waals surface area contributed by atoms with E-state index in [0.29, 0.717) is 33.8 Å². The zero-order chi connectivity index (χ0) is 23.6. The Labute approximate surface area is 192 Å². The Morgan fingerprint density at radius 2 is 1.66 bits per heavy atom. The van der Waals surface area contributed by atoms with E-state index in [9.17, 15) is 18.0 Å². The van der Waals surface area contributed by atoms with Crippen molar-refractivity contribution in [3.63, 3.8) is 0 Å². The average Bonchev–Trinajstić information content (AvgIpc) is 2.80. The third-order valence-corrected chi connectivity index (χ3v) is 4.32. The lowest BCUT2D eigenvalue weighted by Crippen LogP contribution is -2.08. The topological polar surface area (TPSA) is 66.9 Å². The van der Waals surface area contributed by atoms with E-state index in [1.165, 1.54) is 18.2 Å². The highest BCUT2D eigenvalue weighted by Gasteiger charge is 2.29. The Morgan fingerprint density at radius 3 is 2.25 bits per heavy atom. The molecule has 168 valence electrons. The van der Waals surface area contributed by atoms with Gasteiger partial charge in [-0.2, -0.15) is 13.2 Å². The number of alkyl halides is 4. The molecular weight excluding hydrogens is 485 g/mol. The van der Waals surface area contributed by atoms with E-state index < -0.39 is 11.7 Å². The van der Waals surface area contributed by atoms with Gasteiger partial charge in [0.2, 0.25) is 5.91 Å². The molecule has 0 aliphatic rings. The van der Waals surface area contributed by atoms with Crippen LogP contribution in [0.25, 0.3) is 11.4 Å². The molecular formula is C23H22BrF3N4O. The van der Waals surface area contributed by atoms with Gasteiger partial charge in [0.1, 0.15) is 0 Å². The summed E-state index contributed by atoms with van der Waals surface area (Å²) in [6.45, 7) is 4.00. The number of allylic oxidation sites excluding steroid dienone is 1. The molecule has 0 saturated carbocycles. The van der Waals surface area contributed by atoms with E-state index in [-0.39, 0.29) is 5.91 Å². The SMILES string of the molecule is CC.O=C(/C=C/CBr)Nc1ccc(Nc2ccc(C(F)(F)F)cc2)c(-c2ncccn2)c1. The zero-order valence-electron chi connectivity index (χ0n) is 17.4. The van der Waals surface area contributed by atoms with Gasteiger partial charge in [0.05, 0.1) is 5.56 Å². The average molecular weight is 507 g/mol. The predicted octanol–water partition coefficient (Wildman–Crippen LogP) is 6.82. The Bertz CT molecular complexity index is 1040. The maximum atomic E-state index is 12.8. The van der Waals surface area contributed by atoms with Crippen molar-refractivity contribution in [3.8, 4) is 11.4 Å². The summed E-state index contributed by atoms with van der Waals surface area (Å²) in [6.07, 6.45) is 1.83. The Hall–Kier alpha value is -3.20. The van der Waals surface area contributed by atoms with Crippen LogP contribution in [0, 0.1) is 0 Å². The molecule has 3 rings (SSSR count). The fourth-order valence-corrected chi connectivity index (χ4v) is 2.77. The van der Waals surface area contributed by atoms with Gasteiger partial charge in [0.15, 0.2) is 5.82 Å². The molecule has 0 saturated heterocycles. The van der Waals surface area contributed by atoms with Crippen LogP contribution >= 0.6 is 15.9 Å². The van der Waals surface area contributed by atoms with Gasteiger partial charge in [-0.3, -0.25) is 4.79 Å². The third kappa shape index (κ3) is 7.19. The molecule has 1 heterocycles. The fraction of sp³-hybridized carbons (Fsp3) is 0.174. The lowest BCUT2D eigenvalue weighted by molar-refractivity contribution is -0.137. The number of benzene rings is 2. The summed E-state index contributed by atoms with van der Waals surface area (Å²) in [4.78, 5) is 20.4. The van der Waals surface area contributed by atoms with Gasteiger partial charge in [0.25, 0.3) is 0 Å². The Kier molecular flexibility index (Phi) is 9.39. The van der Waals surface area contributed by atoms with Gasteiger partial charge >= 0.3 is 6.18 Å². The number of carbonyl (C=O) groups is 1. The summed E-state index contributed by atoms with van der Waals surface area (Å²) < 4.78 is 38.3.